The number of benzene rings is 2. The first-order valence-electron chi connectivity index (χ1n) is 11.9. The molecule has 0 radical (unpaired) electrons. The molecule has 0 spiro atoms. The summed E-state index contributed by atoms with van der Waals surface area (Å²) >= 11 is 0. The van der Waals surface area contributed by atoms with Crippen molar-refractivity contribution in [3.8, 4) is 17.2 Å². The highest BCUT2D eigenvalue weighted by atomic mass is 16.5. The van der Waals surface area contributed by atoms with E-state index < -0.39 is 17.7 Å². The van der Waals surface area contributed by atoms with Gasteiger partial charge in [0.25, 0.3) is 11.7 Å². The van der Waals surface area contributed by atoms with Gasteiger partial charge < -0.3 is 29.1 Å². The maximum atomic E-state index is 13.3. The number of nitrogens with zero attached hydrogens (tertiary/aromatic N) is 2. The van der Waals surface area contributed by atoms with E-state index in [1.54, 1.807) is 49.6 Å². The number of amides is 1. The summed E-state index contributed by atoms with van der Waals surface area (Å²) in [6, 6.07) is 11.2. The first-order chi connectivity index (χ1) is 16.9. The molecule has 0 bridgehead atoms. The van der Waals surface area contributed by atoms with E-state index in [9.17, 15) is 14.7 Å². The molecule has 0 aliphatic carbocycles. The molecule has 2 aromatic carbocycles. The van der Waals surface area contributed by atoms with Crippen molar-refractivity contribution in [1.82, 2.24) is 9.80 Å². The summed E-state index contributed by atoms with van der Waals surface area (Å²) in [5.41, 5.74) is 1.01. The average molecular weight is 483 g/mol. The van der Waals surface area contributed by atoms with Gasteiger partial charge in [-0.05, 0) is 62.5 Å². The van der Waals surface area contributed by atoms with Gasteiger partial charge in [0.1, 0.15) is 23.0 Å². The molecule has 1 aliphatic rings. The van der Waals surface area contributed by atoms with Crippen molar-refractivity contribution in [3.63, 3.8) is 0 Å². The molecular weight excluding hydrogens is 448 g/mol. The molecule has 1 saturated heterocycles. The third-order valence-corrected chi connectivity index (χ3v) is 6.26. The summed E-state index contributed by atoms with van der Waals surface area (Å²) in [7, 11) is 3.07. The van der Waals surface area contributed by atoms with E-state index >= 15 is 0 Å². The van der Waals surface area contributed by atoms with Crippen LogP contribution < -0.4 is 14.2 Å². The van der Waals surface area contributed by atoms with E-state index in [0.717, 1.165) is 13.1 Å². The van der Waals surface area contributed by atoms with Gasteiger partial charge >= 0.3 is 0 Å². The molecule has 0 aromatic heterocycles. The molecule has 2 aromatic rings. The first kappa shape index (κ1) is 26.1. The number of Topliss-reactive ketones (excluding diaryl/α,β-unsaturated/α-hetero) is 1. The summed E-state index contributed by atoms with van der Waals surface area (Å²) in [5, 5.41) is 11.3. The molecule has 8 heteroatoms. The largest absolute Gasteiger partial charge is 0.507 e. The highest BCUT2D eigenvalue weighted by Crippen LogP contribution is 2.43. The average Bonchev–Trinajstić information content (AvgIpc) is 3.14. The summed E-state index contributed by atoms with van der Waals surface area (Å²) in [5.74, 6) is 0.0611. The number of carbonyl (C=O) groups excluding carboxylic acids is 2. The summed E-state index contributed by atoms with van der Waals surface area (Å²) in [6.07, 6.45) is 0. The zero-order valence-electron chi connectivity index (χ0n) is 21.0. The molecule has 8 nitrogen and oxygen atoms in total. The maximum Gasteiger partial charge on any atom is 0.295 e. The fourth-order valence-corrected chi connectivity index (χ4v) is 4.31. The van der Waals surface area contributed by atoms with Gasteiger partial charge in [0.15, 0.2) is 0 Å². The minimum atomic E-state index is -0.831. The van der Waals surface area contributed by atoms with Crippen LogP contribution in [0, 0.1) is 0 Å². The number of hydrogen-bond donors (Lipinski definition) is 1. The van der Waals surface area contributed by atoms with Crippen LogP contribution in [-0.4, -0.2) is 73.6 Å². The third kappa shape index (κ3) is 5.43. The van der Waals surface area contributed by atoms with Gasteiger partial charge in [0.2, 0.25) is 0 Å². The number of carbonyl (C=O) groups is 2. The van der Waals surface area contributed by atoms with Crippen LogP contribution in [0.5, 0.6) is 17.2 Å². The van der Waals surface area contributed by atoms with Gasteiger partial charge in [-0.1, -0.05) is 13.8 Å². The first-order valence-corrected chi connectivity index (χ1v) is 11.9. The number of rotatable bonds is 11. The smallest absolute Gasteiger partial charge is 0.295 e. The molecule has 1 atom stereocenters. The molecule has 35 heavy (non-hydrogen) atoms. The number of likely N-dealkylation sites (N-methyl/N-ethyl adjacent to an activating group) is 1. The SMILES string of the molecule is CCOc1ccc(/C(O)=C2/C(=O)C(=O)N(CCN(CC)CC)C2c2cc(OC)ccc2OC)cc1. The number of ketones is 1. The van der Waals surface area contributed by atoms with Crippen LogP contribution in [0.25, 0.3) is 5.76 Å². The number of ether oxygens (including phenoxy) is 3. The van der Waals surface area contributed by atoms with Crippen LogP contribution in [-0.2, 0) is 9.59 Å². The van der Waals surface area contributed by atoms with Crippen LogP contribution in [0.3, 0.4) is 0 Å². The minimum Gasteiger partial charge on any atom is -0.507 e. The van der Waals surface area contributed by atoms with E-state index in [1.807, 2.05) is 20.8 Å². The Labute approximate surface area is 206 Å². The molecule has 1 aliphatic heterocycles. The number of likely N-dealkylation sites (tertiary alicyclic amines) is 1. The van der Waals surface area contributed by atoms with Crippen molar-refractivity contribution >= 4 is 17.4 Å². The Kier molecular flexibility index (Phi) is 8.76. The van der Waals surface area contributed by atoms with E-state index in [2.05, 4.69) is 4.90 Å². The lowest BCUT2D eigenvalue weighted by Crippen LogP contribution is -2.38. The van der Waals surface area contributed by atoms with E-state index in [1.165, 1.54) is 12.0 Å². The van der Waals surface area contributed by atoms with Gasteiger partial charge in [-0.2, -0.15) is 0 Å². The molecule has 1 heterocycles. The topological polar surface area (TPSA) is 88.5 Å². The van der Waals surface area contributed by atoms with Crippen molar-refractivity contribution in [2.75, 3.05) is 47.0 Å². The van der Waals surface area contributed by atoms with Crippen LogP contribution >= 0.6 is 0 Å². The van der Waals surface area contributed by atoms with Gasteiger partial charge in [-0.15, -0.1) is 0 Å². The highest BCUT2D eigenvalue weighted by Gasteiger charge is 2.47. The fourth-order valence-electron chi connectivity index (χ4n) is 4.31. The molecule has 3 rings (SSSR count). The summed E-state index contributed by atoms with van der Waals surface area (Å²) < 4.78 is 16.5. The van der Waals surface area contributed by atoms with Gasteiger partial charge in [0.05, 0.1) is 32.4 Å². The normalized spacial score (nSPS) is 17.2. The monoisotopic (exact) mass is 482 g/mol. The van der Waals surface area contributed by atoms with Crippen molar-refractivity contribution in [1.29, 1.82) is 0 Å². The molecule has 1 unspecified atom stereocenters. The molecule has 1 amide bonds. The molecular formula is C27H34N2O6. The second-order valence-electron chi connectivity index (χ2n) is 8.08. The number of hydrogen-bond acceptors (Lipinski definition) is 7. The lowest BCUT2D eigenvalue weighted by Gasteiger charge is -2.29. The van der Waals surface area contributed by atoms with Crippen molar-refractivity contribution in [2.24, 2.45) is 0 Å². The van der Waals surface area contributed by atoms with Crippen molar-refractivity contribution < 1.29 is 28.9 Å². The van der Waals surface area contributed by atoms with E-state index in [4.69, 9.17) is 14.2 Å². The summed E-state index contributed by atoms with van der Waals surface area (Å²) in [6.45, 7) is 9.04. The molecule has 0 saturated carbocycles. The van der Waals surface area contributed by atoms with Crippen LogP contribution in [0.1, 0.15) is 37.9 Å². The third-order valence-electron chi connectivity index (χ3n) is 6.26. The number of aliphatic hydroxyl groups excluding tert-OH is 1. The number of aliphatic hydroxyl groups is 1. The van der Waals surface area contributed by atoms with E-state index in [0.29, 0.717) is 48.1 Å². The Balaban J connectivity index is 2.16. The van der Waals surface area contributed by atoms with Gasteiger partial charge in [-0.25, -0.2) is 0 Å². The lowest BCUT2D eigenvalue weighted by atomic mass is 9.94. The van der Waals surface area contributed by atoms with Gasteiger partial charge in [-0.3, -0.25) is 9.59 Å². The predicted octanol–water partition coefficient (Wildman–Crippen LogP) is 3.87. The zero-order chi connectivity index (χ0) is 25.5. The quantitative estimate of drug-likeness (QED) is 0.296. The Bertz CT molecular complexity index is 1080. The lowest BCUT2D eigenvalue weighted by molar-refractivity contribution is -0.140. The minimum absolute atomic E-state index is 0.0188. The maximum absolute atomic E-state index is 13.3. The van der Waals surface area contributed by atoms with Crippen molar-refractivity contribution in [2.45, 2.75) is 26.8 Å². The van der Waals surface area contributed by atoms with Crippen molar-refractivity contribution in [3.05, 3.63) is 59.2 Å². The Morgan fingerprint density at radius 3 is 2.20 bits per heavy atom. The zero-order valence-corrected chi connectivity index (χ0v) is 21.0. The predicted molar refractivity (Wildman–Crippen MR) is 134 cm³/mol. The number of methoxy groups -OCH3 is 2. The summed E-state index contributed by atoms with van der Waals surface area (Å²) in [4.78, 5) is 30.2. The second kappa shape index (κ2) is 11.8. The molecule has 188 valence electrons. The van der Waals surface area contributed by atoms with Gasteiger partial charge in [0, 0.05) is 24.2 Å². The Morgan fingerprint density at radius 2 is 1.63 bits per heavy atom. The van der Waals surface area contributed by atoms with Crippen LogP contribution in [0.2, 0.25) is 0 Å². The Morgan fingerprint density at radius 1 is 0.971 bits per heavy atom. The highest BCUT2D eigenvalue weighted by molar-refractivity contribution is 6.46. The standard InChI is InChI=1S/C27H34N2O6/c1-6-28(7-2)15-16-29-24(21-17-20(33-4)13-14-22(21)34-5)23(26(31)27(29)32)25(30)18-9-11-19(12-10-18)35-8-3/h9-14,17,24,30H,6-8,15-16H2,1-5H3/b25-23-. The fraction of sp³-hybridized carbons (Fsp3) is 0.407. The van der Waals surface area contributed by atoms with Crippen LogP contribution in [0.15, 0.2) is 48.0 Å². The molecule has 1 N–H and O–H groups in total. The Hall–Kier alpha value is -3.52. The van der Waals surface area contributed by atoms with E-state index in [-0.39, 0.29) is 11.3 Å². The molecule has 1 fully saturated rings. The second-order valence-corrected chi connectivity index (χ2v) is 8.08. The van der Waals surface area contributed by atoms with Crippen LogP contribution in [0.4, 0.5) is 0 Å².